The van der Waals surface area contributed by atoms with Crippen LogP contribution < -0.4 is 0 Å². The van der Waals surface area contributed by atoms with E-state index < -0.39 is 5.60 Å². The highest BCUT2D eigenvalue weighted by molar-refractivity contribution is 6.01. The van der Waals surface area contributed by atoms with Crippen LogP contribution in [0.2, 0.25) is 0 Å². The SMILES string of the molecule is CC1(C)CC(=O)C=C(C(=O)N(Cc2ccc(F)cc2)CC2CCCO2)O1. The van der Waals surface area contributed by atoms with Gasteiger partial charge in [0.1, 0.15) is 11.4 Å². The first-order chi connectivity index (χ1) is 12.3. The van der Waals surface area contributed by atoms with Crippen LogP contribution in [0, 0.1) is 5.82 Å². The number of nitrogens with zero attached hydrogens (tertiary/aromatic N) is 1. The van der Waals surface area contributed by atoms with E-state index in [1.165, 1.54) is 18.2 Å². The average molecular weight is 361 g/mol. The number of rotatable bonds is 5. The summed E-state index contributed by atoms with van der Waals surface area (Å²) in [5.74, 6) is -0.725. The number of ketones is 1. The van der Waals surface area contributed by atoms with E-state index in [1.54, 1.807) is 30.9 Å². The highest BCUT2D eigenvalue weighted by Gasteiger charge is 2.34. The van der Waals surface area contributed by atoms with Crippen molar-refractivity contribution in [3.63, 3.8) is 0 Å². The van der Waals surface area contributed by atoms with Gasteiger partial charge in [0.05, 0.1) is 6.10 Å². The van der Waals surface area contributed by atoms with Gasteiger partial charge < -0.3 is 14.4 Å². The van der Waals surface area contributed by atoms with Gasteiger partial charge in [0.25, 0.3) is 5.91 Å². The van der Waals surface area contributed by atoms with Crippen LogP contribution in [0.5, 0.6) is 0 Å². The molecular weight excluding hydrogens is 337 g/mol. The molecule has 1 aromatic carbocycles. The fourth-order valence-electron chi connectivity index (χ4n) is 3.30. The van der Waals surface area contributed by atoms with Crippen molar-refractivity contribution in [2.45, 2.75) is 51.4 Å². The molecule has 26 heavy (non-hydrogen) atoms. The van der Waals surface area contributed by atoms with E-state index in [1.807, 2.05) is 0 Å². The molecule has 0 spiro atoms. The molecule has 1 aromatic rings. The summed E-state index contributed by atoms with van der Waals surface area (Å²) < 4.78 is 24.6. The topological polar surface area (TPSA) is 55.8 Å². The summed E-state index contributed by atoms with van der Waals surface area (Å²) in [5, 5.41) is 0. The zero-order valence-corrected chi connectivity index (χ0v) is 15.2. The summed E-state index contributed by atoms with van der Waals surface area (Å²) in [6, 6.07) is 6.03. The predicted octanol–water partition coefficient (Wildman–Crippen LogP) is 2.99. The Bertz CT molecular complexity index is 705. The van der Waals surface area contributed by atoms with Crippen LogP contribution >= 0.6 is 0 Å². The molecular formula is C20H24FNO4. The molecule has 2 heterocycles. The molecule has 0 bridgehead atoms. The molecule has 2 aliphatic heterocycles. The number of carbonyl (C=O) groups is 2. The highest BCUT2D eigenvalue weighted by Crippen LogP contribution is 2.27. The standard InChI is InChI=1S/C20H24FNO4/c1-20(2)11-16(23)10-18(26-20)19(24)22(13-17-4-3-9-25-17)12-14-5-7-15(21)8-6-14/h5-8,10,17H,3-4,9,11-13H2,1-2H3. The highest BCUT2D eigenvalue weighted by atomic mass is 19.1. The van der Waals surface area contributed by atoms with Crippen molar-refractivity contribution < 1.29 is 23.5 Å². The monoisotopic (exact) mass is 361 g/mol. The van der Waals surface area contributed by atoms with Crippen LogP contribution in [0.25, 0.3) is 0 Å². The number of hydrogen-bond acceptors (Lipinski definition) is 4. The maximum Gasteiger partial charge on any atom is 0.289 e. The predicted molar refractivity (Wildman–Crippen MR) is 93.7 cm³/mol. The van der Waals surface area contributed by atoms with Gasteiger partial charge in [-0.15, -0.1) is 0 Å². The fourth-order valence-corrected chi connectivity index (χ4v) is 3.30. The van der Waals surface area contributed by atoms with Crippen LogP contribution in [0.15, 0.2) is 36.1 Å². The van der Waals surface area contributed by atoms with Crippen molar-refractivity contribution in [3.8, 4) is 0 Å². The van der Waals surface area contributed by atoms with Gasteiger partial charge in [-0.25, -0.2) is 4.39 Å². The third-order valence-corrected chi connectivity index (χ3v) is 4.51. The molecule has 6 heteroatoms. The molecule has 1 unspecified atom stereocenters. The Morgan fingerprint density at radius 1 is 1.31 bits per heavy atom. The minimum absolute atomic E-state index is 0.0349. The Labute approximate surface area is 152 Å². The molecule has 3 rings (SSSR count). The molecule has 2 aliphatic rings. The molecule has 0 radical (unpaired) electrons. The van der Waals surface area contributed by atoms with Crippen LogP contribution in [0.3, 0.4) is 0 Å². The molecule has 0 aromatic heterocycles. The fraction of sp³-hybridized carbons (Fsp3) is 0.500. The second-order valence-corrected chi connectivity index (χ2v) is 7.46. The molecule has 1 amide bonds. The normalized spacial score (nSPS) is 21.9. The maximum atomic E-state index is 13.2. The number of amides is 1. The number of benzene rings is 1. The lowest BCUT2D eigenvalue weighted by molar-refractivity contribution is -0.139. The average Bonchev–Trinajstić information content (AvgIpc) is 3.07. The third-order valence-electron chi connectivity index (χ3n) is 4.51. The summed E-state index contributed by atoms with van der Waals surface area (Å²) in [5.41, 5.74) is 0.0992. The lowest BCUT2D eigenvalue weighted by Gasteiger charge is -2.33. The van der Waals surface area contributed by atoms with Crippen molar-refractivity contribution >= 4 is 11.7 Å². The number of halogens is 1. The molecule has 0 N–H and O–H groups in total. The van der Waals surface area contributed by atoms with E-state index in [2.05, 4.69) is 0 Å². The number of ether oxygens (including phenoxy) is 2. The molecule has 1 fully saturated rings. The van der Waals surface area contributed by atoms with Crippen molar-refractivity contribution in [1.29, 1.82) is 0 Å². The summed E-state index contributed by atoms with van der Waals surface area (Å²) in [6.07, 6.45) is 3.34. The van der Waals surface area contributed by atoms with Gasteiger partial charge in [0.2, 0.25) is 0 Å². The van der Waals surface area contributed by atoms with Gasteiger partial charge in [-0.2, -0.15) is 0 Å². The Balaban J connectivity index is 1.80. The van der Waals surface area contributed by atoms with Crippen molar-refractivity contribution in [3.05, 3.63) is 47.5 Å². The van der Waals surface area contributed by atoms with Crippen LogP contribution in [-0.4, -0.2) is 41.4 Å². The van der Waals surface area contributed by atoms with Crippen LogP contribution in [0.4, 0.5) is 4.39 Å². The van der Waals surface area contributed by atoms with Crippen molar-refractivity contribution in [2.24, 2.45) is 0 Å². The van der Waals surface area contributed by atoms with Gasteiger partial charge in [-0.05, 0) is 44.4 Å². The molecule has 0 saturated carbocycles. The third kappa shape index (κ3) is 4.69. The van der Waals surface area contributed by atoms with Gasteiger partial charge in [0, 0.05) is 32.2 Å². The molecule has 1 atom stereocenters. The summed E-state index contributed by atoms with van der Waals surface area (Å²) in [6.45, 7) is 4.97. The smallest absolute Gasteiger partial charge is 0.289 e. The Hall–Kier alpha value is -2.21. The lowest BCUT2D eigenvalue weighted by Crippen LogP contribution is -2.42. The summed E-state index contributed by atoms with van der Waals surface area (Å²) >= 11 is 0. The van der Waals surface area contributed by atoms with E-state index >= 15 is 0 Å². The Morgan fingerprint density at radius 3 is 2.65 bits per heavy atom. The summed E-state index contributed by atoms with van der Waals surface area (Å²) in [4.78, 5) is 26.6. The van der Waals surface area contributed by atoms with Gasteiger partial charge >= 0.3 is 0 Å². The lowest BCUT2D eigenvalue weighted by atomic mass is 9.98. The number of carbonyl (C=O) groups excluding carboxylic acids is 2. The van der Waals surface area contributed by atoms with E-state index in [-0.39, 0.29) is 35.8 Å². The Kier molecular flexibility index (Phi) is 5.41. The first-order valence-corrected chi connectivity index (χ1v) is 8.91. The van der Waals surface area contributed by atoms with Crippen LogP contribution in [0.1, 0.15) is 38.7 Å². The van der Waals surface area contributed by atoms with Gasteiger partial charge in [0.15, 0.2) is 11.5 Å². The molecule has 0 aliphatic carbocycles. The second kappa shape index (κ2) is 7.58. The Morgan fingerprint density at radius 2 is 2.04 bits per heavy atom. The van der Waals surface area contributed by atoms with Crippen LogP contribution in [-0.2, 0) is 25.6 Å². The first-order valence-electron chi connectivity index (χ1n) is 8.91. The van der Waals surface area contributed by atoms with Gasteiger partial charge in [-0.1, -0.05) is 12.1 Å². The van der Waals surface area contributed by atoms with E-state index in [9.17, 15) is 14.0 Å². The van der Waals surface area contributed by atoms with E-state index in [0.29, 0.717) is 19.7 Å². The minimum Gasteiger partial charge on any atom is -0.481 e. The zero-order chi connectivity index (χ0) is 18.7. The number of hydrogen-bond donors (Lipinski definition) is 0. The second-order valence-electron chi connectivity index (χ2n) is 7.46. The van der Waals surface area contributed by atoms with E-state index in [0.717, 1.165) is 18.4 Å². The van der Waals surface area contributed by atoms with Crippen molar-refractivity contribution in [1.82, 2.24) is 4.90 Å². The molecule has 140 valence electrons. The molecule has 5 nitrogen and oxygen atoms in total. The zero-order valence-electron chi connectivity index (χ0n) is 15.2. The maximum absolute atomic E-state index is 13.2. The van der Waals surface area contributed by atoms with E-state index in [4.69, 9.17) is 9.47 Å². The number of allylic oxidation sites excluding steroid dienone is 1. The van der Waals surface area contributed by atoms with Gasteiger partial charge in [-0.3, -0.25) is 9.59 Å². The minimum atomic E-state index is -0.706. The quantitative estimate of drug-likeness (QED) is 0.809. The largest absolute Gasteiger partial charge is 0.481 e. The van der Waals surface area contributed by atoms with Crippen molar-refractivity contribution in [2.75, 3.05) is 13.2 Å². The first kappa shape index (κ1) is 18.6. The summed E-state index contributed by atoms with van der Waals surface area (Å²) in [7, 11) is 0. The molecule has 1 saturated heterocycles.